The molecule has 0 aliphatic carbocycles. The van der Waals surface area contributed by atoms with Crippen LogP contribution < -0.4 is 0 Å². The molecule has 3 nitrogen and oxygen atoms in total. The van der Waals surface area contributed by atoms with Crippen LogP contribution in [0.1, 0.15) is 0 Å². The Morgan fingerprint density at radius 1 is 0.441 bits per heavy atom. The molecule has 0 radical (unpaired) electrons. The van der Waals surface area contributed by atoms with Crippen molar-refractivity contribution in [2.75, 3.05) is 0 Å². The third-order valence-corrected chi connectivity index (χ3v) is 6.71. The summed E-state index contributed by atoms with van der Waals surface area (Å²) in [4.78, 5) is 3.65. The molecule has 0 saturated carbocycles. The van der Waals surface area contributed by atoms with Gasteiger partial charge in [-0.05, 0) is 53.9 Å². The highest BCUT2D eigenvalue weighted by Crippen LogP contribution is 2.36. The van der Waals surface area contributed by atoms with Crippen molar-refractivity contribution in [1.29, 1.82) is 0 Å². The van der Waals surface area contributed by atoms with Crippen LogP contribution in [0.3, 0.4) is 0 Å². The second-order valence-electron chi connectivity index (χ2n) is 8.56. The number of rotatable bonds is 2. The first-order valence-electron chi connectivity index (χ1n) is 11.3. The zero-order chi connectivity index (χ0) is 22.6. The van der Waals surface area contributed by atoms with Gasteiger partial charge in [0.05, 0.1) is 28.6 Å². The van der Waals surface area contributed by atoms with Crippen LogP contribution in [0.2, 0.25) is 0 Å². The van der Waals surface area contributed by atoms with Crippen LogP contribution in [-0.4, -0.2) is 9.13 Å². The van der Waals surface area contributed by atoms with Crippen molar-refractivity contribution in [2.45, 2.75) is 0 Å². The molecule has 3 heteroatoms. The summed E-state index contributed by atoms with van der Waals surface area (Å²) >= 11 is 0. The minimum atomic E-state index is 0.662. The van der Waals surface area contributed by atoms with Crippen molar-refractivity contribution < 1.29 is 0 Å². The van der Waals surface area contributed by atoms with Gasteiger partial charge in [0.15, 0.2) is 5.69 Å². The summed E-state index contributed by atoms with van der Waals surface area (Å²) in [5.74, 6) is 0. The van der Waals surface area contributed by atoms with Gasteiger partial charge in [-0.1, -0.05) is 66.7 Å². The van der Waals surface area contributed by atoms with Crippen LogP contribution in [0.25, 0.3) is 59.8 Å². The lowest BCUT2D eigenvalue weighted by atomic mass is 10.1. The van der Waals surface area contributed by atoms with E-state index < -0.39 is 0 Å². The molecule has 2 heterocycles. The molecule has 0 fully saturated rings. The lowest BCUT2D eigenvalue weighted by Gasteiger charge is -2.12. The van der Waals surface area contributed by atoms with Crippen molar-refractivity contribution in [2.24, 2.45) is 0 Å². The number of hydrogen-bond acceptors (Lipinski definition) is 0. The lowest BCUT2D eigenvalue weighted by Crippen LogP contribution is -1.98. The molecule has 0 amide bonds. The fraction of sp³-hybridized carbons (Fsp3) is 0. The average Bonchev–Trinajstić information content (AvgIpc) is 3.41. The second kappa shape index (κ2) is 7.10. The molecule has 34 heavy (non-hydrogen) atoms. The Balaban J connectivity index is 1.54. The Labute approximate surface area is 196 Å². The van der Waals surface area contributed by atoms with Gasteiger partial charge in [0.2, 0.25) is 0 Å². The van der Waals surface area contributed by atoms with Gasteiger partial charge in [-0.25, -0.2) is 4.85 Å². The standard InChI is InChI=1S/C31H19N3/c1-32-21-17-18-31-27(19-21)26-13-4-7-16-30(26)34(31)23-10-8-9-22(20-23)33-28-14-5-2-11-24(28)25-12-3-6-15-29(25)33/h2-20H. The highest BCUT2D eigenvalue weighted by atomic mass is 15.0. The van der Waals surface area contributed by atoms with E-state index in [2.05, 4.69) is 117 Å². The number of nitrogens with zero attached hydrogens (tertiary/aromatic N) is 3. The van der Waals surface area contributed by atoms with Gasteiger partial charge in [0, 0.05) is 27.5 Å². The Hall–Kier alpha value is -4.81. The maximum Gasteiger partial charge on any atom is 0.188 e. The van der Waals surface area contributed by atoms with Crippen LogP contribution in [0, 0.1) is 6.57 Å². The summed E-state index contributed by atoms with van der Waals surface area (Å²) in [7, 11) is 0. The molecule has 0 atom stereocenters. The van der Waals surface area contributed by atoms with Gasteiger partial charge in [-0.3, -0.25) is 0 Å². The van der Waals surface area contributed by atoms with Crippen molar-refractivity contribution in [3.63, 3.8) is 0 Å². The maximum atomic E-state index is 7.45. The number of para-hydroxylation sites is 3. The average molecular weight is 434 g/mol. The van der Waals surface area contributed by atoms with Gasteiger partial charge in [0.1, 0.15) is 0 Å². The first-order valence-corrected chi connectivity index (χ1v) is 11.3. The molecule has 0 spiro atoms. The first kappa shape index (κ1) is 18.7. The van der Waals surface area contributed by atoms with Gasteiger partial charge >= 0.3 is 0 Å². The van der Waals surface area contributed by atoms with E-state index in [0.717, 1.165) is 33.2 Å². The number of aromatic nitrogens is 2. The Morgan fingerprint density at radius 2 is 0.912 bits per heavy atom. The zero-order valence-corrected chi connectivity index (χ0v) is 18.3. The van der Waals surface area contributed by atoms with E-state index in [1.54, 1.807) is 0 Å². The molecule has 2 aromatic heterocycles. The van der Waals surface area contributed by atoms with E-state index in [9.17, 15) is 0 Å². The molecule has 7 rings (SSSR count). The van der Waals surface area contributed by atoms with Gasteiger partial charge in [-0.15, -0.1) is 0 Å². The minimum absolute atomic E-state index is 0.662. The largest absolute Gasteiger partial charge is 0.309 e. The minimum Gasteiger partial charge on any atom is -0.309 e. The molecule has 5 aromatic carbocycles. The summed E-state index contributed by atoms with van der Waals surface area (Å²) in [6.45, 7) is 7.45. The van der Waals surface area contributed by atoms with Gasteiger partial charge < -0.3 is 9.13 Å². The lowest BCUT2D eigenvalue weighted by molar-refractivity contribution is 1.13. The van der Waals surface area contributed by atoms with E-state index in [1.165, 1.54) is 21.8 Å². The van der Waals surface area contributed by atoms with Crippen LogP contribution in [-0.2, 0) is 0 Å². The van der Waals surface area contributed by atoms with Crippen LogP contribution >= 0.6 is 0 Å². The van der Waals surface area contributed by atoms with Crippen LogP contribution in [0.4, 0.5) is 5.69 Å². The van der Waals surface area contributed by atoms with Crippen molar-refractivity contribution in [3.05, 3.63) is 127 Å². The third-order valence-electron chi connectivity index (χ3n) is 6.71. The predicted octanol–water partition coefficient (Wildman–Crippen LogP) is 8.43. The SMILES string of the molecule is [C-]#[N+]c1ccc2c(c1)c1ccccc1n2-c1cccc(-n2c3ccccc3c3ccccc32)c1. The monoisotopic (exact) mass is 433 g/mol. The van der Waals surface area contributed by atoms with E-state index in [1.807, 2.05) is 12.1 Å². The summed E-state index contributed by atoms with van der Waals surface area (Å²) in [6.07, 6.45) is 0. The molecule has 0 aliphatic heterocycles. The molecule has 0 saturated heterocycles. The molecule has 7 aromatic rings. The Bertz CT molecular complexity index is 1870. The summed E-state index contributed by atoms with van der Waals surface area (Å²) < 4.78 is 4.65. The number of hydrogen-bond donors (Lipinski definition) is 0. The maximum absolute atomic E-state index is 7.45. The van der Waals surface area contributed by atoms with Crippen LogP contribution in [0.5, 0.6) is 0 Å². The Morgan fingerprint density at radius 3 is 1.44 bits per heavy atom. The molecule has 0 aliphatic rings. The summed E-state index contributed by atoms with van der Waals surface area (Å²) in [5, 5.41) is 4.77. The van der Waals surface area contributed by atoms with E-state index in [4.69, 9.17) is 6.57 Å². The first-order chi connectivity index (χ1) is 16.8. The predicted molar refractivity (Wildman–Crippen MR) is 141 cm³/mol. The van der Waals surface area contributed by atoms with Crippen molar-refractivity contribution in [1.82, 2.24) is 9.13 Å². The summed E-state index contributed by atoms with van der Waals surface area (Å²) in [5.41, 5.74) is 7.52. The second-order valence-corrected chi connectivity index (χ2v) is 8.56. The number of fused-ring (bicyclic) bond motifs is 6. The molecular weight excluding hydrogens is 414 g/mol. The molecule has 0 unspecified atom stereocenters. The topological polar surface area (TPSA) is 14.2 Å². The van der Waals surface area contributed by atoms with E-state index in [-0.39, 0.29) is 0 Å². The van der Waals surface area contributed by atoms with Crippen LogP contribution in [0.15, 0.2) is 115 Å². The van der Waals surface area contributed by atoms with Crippen molar-refractivity contribution in [3.8, 4) is 11.4 Å². The fourth-order valence-corrected chi connectivity index (χ4v) is 5.28. The van der Waals surface area contributed by atoms with Crippen molar-refractivity contribution >= 4 is 49.3 Å². The zero-order valence-electron chi connectivity index (χ0n) is 18.3. The smallest absolute Gasteiger partial charge is 0.188 e. The molecule has 0 N–H and O–H groups in total. The number of benzene rings is 5. The highest BCUT2D eigenvalue weighted by molar-refractivity contribution is 6.11. The van der Waals surface area contributed by atoms with E-state index >= 15 is 0 Å². The van der Waals surface area contributed by atoms with E-state index in [0.29, 0.717) is 5.69 Å². The fourth-order valence-electron chi connectivity index (χ4n) is 5.28. The van der Waals surface area contributed by atoms with Gasteiger partial charge in [-0.2, -0.15) is 0 Å². The quantitative estimate of drug-likeness (QED) is 0.243. The highest BCUT2D eigenvalue weighted by Gasteiger charge is 2.15. The Kier molecular flexibility index (Phi) is 3.91. The normalized spacial score (nSPS) is 11.5. The third kappa shape index (κ3) is 2.57. The molecule has 158 valence electrons. The molecular formula is C31H19N3. The van der Waals surface area contributed by atoms with Gasteiger partial charge in [0.25, 0.3) is 0 Å². The summed E-state index contributed by atoms with van der Waals surface area (Å²) in [6, 6.07) is 40.3. The molecule has 0 bridgehead atoms.